The smallest absolute Gasteiger partial charge is 0.407 e. The number of amides is 2. The van der Waals surface area contributed by atoms with E-state index in [1.54, 1.807) is 6.07 Å². The van der Waals surface area contributed by atoms with Crippen molar-refractivity contribution in [1.82, 2.24) is 4.90 Å². The molecule has 0 aliphatic carbocycles. The third kappa shape index (κ3) is 2.40. The van der Waals surface area contributed by atoms with Crippen molar-refractivity contribution in [2.45, 2.75) is 6.04 Å². The van der Waals surface area contributed by atoms with Gasteiger partial charge in [0.2, 0.25) is 5.91 Å². The summed E-state index contributed by atoms with van der Waals surface area (Å²) in [6, 6.07) is 4.68. The summed E-state index contributed by atoms with van der Waals surface area (Å²) in [7, 11) is 1.38. The van der Waals surface area contributed by atoms with E-state index in [9.17, 15) is 9.59 Å². The van der Waals surface area contributed by atoms with E-state index in [1.165, 1.54) is 7.05 Å². The Morgan fingerprint density at radius 2 is 2.22 bits per heavy atom. The van der Waals surface area contributed by atoms with Crippen LogP contribution in [0.2, 0.25) is 0 Å². The molecule has 2 rings (SSSR count). The molecule has 18 heavy (non-hydrogen) atoms. The van der Waals surface area contributed by atoms with E-state index in [-0.39, 0.29) is 12.5 Å². The monoisotopic (exact) mass is 313 g/mol. The Hall–Kier alpha value is -1.76. The zero-order chi connectivity index (χ0) is 13.3. The van der Waals surface area contributed by atoms with Crippen LogP contribution in [0.3, 0.4) is 0 Å². The van der Waals surface area contributed by atoms with Gasteiger partial charge in [0.15, 0.2) is 0 Å². The van der Waals surface area contributed by atoms with E-state index in [0.29, 0.717) is 5.69 Å². The van der Waals surface area contributed by atoms with Crippen LogP contribution in [0.4, 0.5) is 16.2 Å². The number of halogens is 1. The molecular weight excluding hydrogens is 302 g/mol. The zero-order valence-corrected chi connectivity index (χ0v) is 11.2. The van der Waals surface area contributed by atoms with Crippen molar-refractivity contribution in [3.63, 3.8) is 0 Å². The van der Waals surface area contributed by atoms with Crippen LogP contribution in [0, 0.1) is 0 Å². The van der Waals surface area contributed by atoms with Gasteiger partial charge < -0.3 is 15.7 Å². The molecule has 1 aliphatic rings. The van der Waals surface area contributed by atoms with E-state index >= 15 is 0 Å². The predicted octanol–water partition coefficient (Wildman–Crippen LogP) is 1.79. The molecule has 7 heteroatoms. The summed E-state index contributed by atoms with van der Waals surface area (Å²) in [5, 5.41) is 14.7. The quantitative estimate of drug-likeness (QED) is 0.738. The number of rotatable bonds is 1. The molecule has 1 atom stereocenters. The summed E-state index contributed by atoms with van der Waals surface area (Å²) in [6.45, 7) is 0.239. The van der Waals surface area contributed by atoms with Crippen molar-refractivity contribution in [2.75, 3.05) is 24.2 Å². The molecule has 0 radical (unpaired) electrons. The molecule has 2 amide bonds. The normalized spacial score (nSPS) is 18.1. The minimum absolute atomic E-state index is 0.239. The van der Waals surface area contributed by atoms with Gasteiger partial charge in [-0.1, -0.05) is 15.9 Å². The maximum Gasteiger partial charge on any atom is 0.407 e. The van der Waals surface area contributed by atoms with Crippen LogP contribution in [0.25, 0.3) is 0 Å². The van der Waals surface area contributed by atoms with Crippen molar-refractivity contribution >= 4 is 39.3 Å². The molecule has 1 heterocycles. The standard InChI is InChI=1S/C11H12BrN3O3/c1-15(11(17)18)9-5-13-7-3-2-6(12)4-8(7)14-10(9)16/h2-4,9,13H,5H2,1H3,(H,14,16)(H,17,18)/t9-/m0/s1. The molecule has 96 valence electrons. The maximum absolute atomic E-state index is 12.0. The van der Waals surface area contributed by atoms with Crippen LogP contribution in [0.5, 0.6) is 0 Å². The van der Waals surface area contributed by atoms with Crippen molar-refractivity contribution in [3.8, 4) is 0 Å². The average Bonchev–Trinajstić information content (AvgIpc) is 2.46. The van der Waals surface area contributed by atoms with Crippen LogP contribution in [0.15, 0.2) is 22.7 Å². The van der Waals surface area contributed by atoms with E-state index in [2.05, 4.69) is 26.6 Å². The van der Waals surface area contributed by atoms with E-state index in [4.69, 9.17) is 5.11 Å². The van der Waals surface area contributed by atoms with Crippen molar-refractivity contribution in [1.29, 1.82) is 0 Å². The predicted molar refractivity (Wildman–Crippen MR) is 70.8 cm³/mol. The first-order chi connectivity index (χ1) is 8.49. The second-order valence-electron chi connectivity index (χ2n) is 3.97. The van der Waals surface area contributed by atoms with Gasteiger partial charge in [-0.2, -0.15) is 0 Å². The molecule has 6 nitrogen and oxygen atoms in total. The number of benzene rings is 1. The van der Waals surface area contributed by atoms with Gasteiger partial charge in [0, 0.05) is 18.1 Å². The van der Waals surface area contributed by atoms with Gasteiger partial charge in [-0.05, 0) is 18.2 Å². The van der Waals surface area contributed by atoms with Gasteiger partial charge in [-0.25, -0.2) is 4.79 Å². The molecule has 0 saturated carbocycles. The second-order valence-corrected chi connectivity index (χ2v) is 4.89. The lowest BCUT2D eigenvalue weighted by atomic mass is 10.2. The summed E-state index contributed by atoms with van der Waals surface area (Å²) in [5.41, 5.74) is 1.41. The number of carboxylic acid groups (broad SMARTS) is 1. The van der Waals surface area contributed by atoms with Crippen LogP contribution in [0.1, 0.15) is 0 Å². The molecule has 0 fully saturated rings. The largest absolute Gasteiger partial charge is 0.465 e. The molecular formula is C11H12BrN3O3. The number of carbonyl (C=O) groups excluding carboxylic acids is 1. The molecule has 0 aromatic heterocycles. The highest BCUT2D eigenvalue weighted by Gasteiger charge is 2.29. The fraction of sp³-hybridized carbons (Fsp3) is 0.273. The fourth-order valence-corrected chi connectivity index (χ4v) is 2.10. The number of hydrogen-bond acceptors (Lipinski definition) is 3. The Bertz CT molecular complexity index is 506. The van der Waals surface area contributed by atoms with Crippen LogP contribution in [-0.2, 0) is 4.79 Å². The van der Waals surface area contributed by atoms with Crippen LogP contribution >= 0.6 is 15.9 Å². The summed E-state index contributed by atoms with van der Waals surface area (Å²) in [4.78, 5) is 23.8. The highest BCUT2D eigenvalue weighted by Crippen LogP contribution is 2.28. The maximum atomic E-state index is 12.0. The third-order valence-corrected chi connectivity index (χ3v) is 3.29. The lowest BCUT2D eigenvalue weighted by molar-refractivity contribution is -0.119. The van der Waals surface area contributed by atoms with Crippen molar-refractivity contribution < 1.29 is 14.7 Å². The molecule has 0 unspecified atom stereocenters. The van der Waals surface area contributed by atoms with Crippen molar-refractivity contribution in [3.05, 3.63) is 22.7 Å². The summed E-state index contributed by atoms with van der Waals surface area (Å²) < 4.78 is 0.841. The Balaban J connectivity index is 2.26. The number of nitrogens with one attached hydrogen (secondary N) is 2. The van der Waals surface area contributed by atoms with Crippen LogP contribution < -0.4 is 10.6 Å². The van der Waals surface area contributed by atoms with Gasteiger partial charge in [0.1, 0.15) is 6.04 Å². The van der Waals surface area contributed by atoms with E-state index in [1.807, 2.05) is 12.1 Å². The molecule has 0 bridgehead atoms. The van der Waals surface area contributed by atoms with Gasteiger partial charge in [-0.3, -0.25) is 9.69 Å². The van der Waals surface area contributed by atoms with Gasteiger partial charge in [-0.15, -0.1) is 0 Å². The lowest BCUT2D eigenvalue weighted by Crippen LogP contribution is -2.47. The highest BCUT2D eigenvalue weighted by molar-refractivity contribution is 9.10. The summed E-state index contributed by atoms with van der Waals surface area (Å²) in [6.07, 6.45) is -1.14. The van der Waals surface area contributed by atoms with E-state index in [0.717, 1.165) is 15.1 Å². The number of hydrogen-bond donors (Lipinski definition) is 3. The number of nitrogens with zero attached hydrogens (tertiary/aromatic N) is 1. The fourth-order valence-electron chi connectivity index (χ4n) is 1.74. The Labute approximate surface area is 112 Å². The second kappa shape index (κ2) is 4.85. The van der Waals surface area contributed by atoms with Crippen LogP contribution in [-0.4, -0.2) is 41.6 Å². The number of anilines is 2. The first-order valence-electron chi connectivity index (χ1n) is 5.29. The number of fused-ring (bicyclic) bond motifs is 1. The number of carbonyl (C=O) groups is 2. The van der Waals surface area contributed by atoms with Crippen molar-refractivity contribution in [2.24, 2.45) is 0 Å². The molecule has 0 saturated heterocycles. The van der Waals surface area contributed by atoms with Gasteiger partial charge in [0.25, 0.3) is 0 Å². The number of likely N-dealkylation sites (N-methyl/N-ethyl adjacent to an activating group) is 1. The summed E-state index contributed by atoms with van der Waals surface area (Å²) in [5.74, 6) is -0.343. The topological polar surface area (TPSA) is 81.7 Å². The minimum atomic E-state index is -1.14. The summed E-state index contributed by atoms with van der Waals surface area (Å²) >= 11 is 3.32. The highest BCUT2D eigenvalue weighted by atomic mass is 79.9. The SMILES string of the molecule is CN(C(=O)O)[C@H]1CNc2ccc(Br)cc2NC1=O. The Morgan fingerprint density at radius 1 is 1.50 bits per heavy atom. The average molecular weight is 314 g/mol. The van der Waals surface area contributed by atoms with Gasteiger partial charge >= 0.3 is 6.09 Å². The van der Waals surface area contributed by atoms with E-state index < -0.39 is 12.1 Å². The lowest BCUT2D eigenvalue weighted by Gasteiger charge is -2.22. The third-order valence-electron chi connectivity index (χ3n) is 2.80. The zero-order valence-electron chi connectivity index (χ0n) is 9.61. The molecule has 1 aliphatic heterocycles. The first-order valence-corrected chi connectivity index (χ1v) is 6.08. The Morgan fingerprint density at radius 3 is 2.89 bits per heavy atom. The molecule has 3 N–H and O–H groups in total. The molecule has 0 spiro atoms. The molecule has 1 aromatic carbocycles. The Kier molecular flexibility index (Phi) is 3.42. The molecule has 1 aromatic rings. The van der Waals surface area contributed by atoms with Gasteiger partial charge in [0.05, 0.1) is 11.4 Å². The minimum Gasteiger partial charge on any atom is -0.465 e. The first kappa shape index (κ1) is 12.7.